The van der Waals surface area contributed by atoms with Crippen LogP contribution in [0.25, 0.3) is 11.1 Å². The van der Waals surface area contributed by atoms with E-state index in [2.05, 4.69) is 4.98 Å². The van der Waals surface area contributed by atoms with Crippen LogP contribution in [0.2, 0.25) is 0 Å². The molecule has 1 N–H and O–H groups in total. The number of carbonyl (C=O) groups is 2. The second-order valence-corrected chi connectivity index (χ2v) is 11.8. The summed E-state index contributed by atoms with van der Waals surface area (Å²) < 4.78 is 46.4. The van der Waals surface area contributed by atoms with Gasteiger partial charge in [0, 0.05) is 36.5 Å². The fourth-order valence-electron chi connectivity index (χ4n) is 6.19. The number of pyridine rings is 1. The highest BCUT2D eigenvalue weighted by Crippen LogP contribution is 2.53. The highest BCUT2D eigenvalue weighted by molar-refractivity contribution is 5.98. The molecule has 0 bridgehead atoms. The third kappa shape index (κ3) is 5.55. The average molecular weight is 560 g/mol. The van der Waals surface area contributed by atoms with Gasteiger partial charge in [0.05, 0.1) is 12.0 Å². The molecule has 216 valence electrons. The molecule has 2 aromatic rings. The van der Waals surface area contributed by atoms with Crippen molar-refractivity contribution >= 4 is 11.9 Å². The summed E-state index contributed by atoms with van der Waals surface area (Å²) in [5.41, 5.74) is -0.524. The molecule has 5 rings (SSSR count). The summed E-state index contributed by atoms with van der Waals surface area (Å²) in [4.78, 5) is 32.5. The topological polar surface area (TPSA) is 83.0 Å². The first kappa shape index (κ1) is 28.4. The number of likely N-dealkylation sites (tertiary alicyclic amines) is 2. The fourth-order valence-corrected chi connectivity index (χ4v) is 6.19. The molecular weight excluding hydrogens is 523 g/mol. The van der Waals surface area contributed by atoms with Gasteiger partial charge in [0.15, 0.2) is 0 Å². The highest BCUT2D eigenvalue weighted by atomic mass is 19.4. The Balaban J connectivity index is 1.10. The van der Waals surface area contributed by atoms with Crippen LogP contribution >= 0.6 is 0 Å². The fraction of sp³-hybridized carbons (Fsp3) is 0.567. The van der Waals surface area contributed by atoms with Crippen molar-refractivity contribution in [3.8, 4) is 17.0 Å². The number of alkyl halides is 3. The Kier molecular flexibility index (Phi) is 7.83. The van der Waals surface area contributed by atoms with Gasteiger partial charge >= 0.3 is 12.1 Å². The van der Waals surface area contributed by atoms with Crippen LogP contribution in [-0.4, -0.2) is 76.3 Å². The zero-order valence-corrected chi connectivity index (χ0v) is 22.8. The van der Waals surface area contributed by atoms with Gasteiger partial charge in [0.1, 0.15) is 5.54 Å². The normalized spacial score (nSPS) is 23.6. The first-order chi connectivity index (χ1) is 19.0. The Morgan fingerprint density at radius 1 is 1.00 bits per heavy atom. The van der Waals surface area contributed by atoms with Gasteiger partial charge in [-0.05, 0) is 88.2 Å². The lowest BCUT2D eigenvalue weighted by Gasteiger charge is -2.47. The molecule has 1 unspecified atom stereocenters. The van der Waals surface area contributed by atoms with Crippen LogP contribution in [0.5, 0.6) is 5.88 Å². The third-order valence-corrected chi connectivity index (χ3v) is 9.16. The SMILES string of the molecule is CC1(C(=O)O)CCCN1C(=O)c1ccc(-c2ccc(OCC3CCN(CC4(C(F)(F)F)CCC4)CC3)nc2)cc1. The second kappa shape index (κ2) is 11.0. The van der Waals surface area contributed by atoms with E-state index in [0.29, 0.717) is 56.9 Å². The second-order valence-electron chi connectivity index (χ2n) is 11.8. The highest BCUT2D eigenvalue weighted by Gasteiger charge is 2.58. The maximum absolute atomic E-state index is 13.5. The number of aromatic nitrogens is 1. The molecule has 1 atom stereocenters. The molecule has 1 aromatic heterocycles. The number of hydrogen-bond donors (Lipinski definition) is 1. The summed E-state index contributed by atoms with van der Waals surface area (Å²) in [5, 5.41) is 9.60. The predicted octanol–water partition coefficient (Wildman–Crippen LogP) is 5.65. The van der Waals surface area contributed by atoms with Crippen molar-refractivity contribution in [1.29, 1.82) is 0 Å². The predicted molar refractivity (Wildman–Crippen MR) is 143 cm³/mol. The summed E-state index contributed by atoms with van der Waals surface area (Å²) >= 11 is 0. The van der Waals surface area contributed by atoms with E-state index < -0.39 is 23.1 Å². The molecule has 0 radical (unpaired) electrons. The van der Waals surface area contributed by atoms with Gasteiger partial charge in [-0.2, -0.15) is 13.2 Å². The Labute approximate surface area is 232 Å². The van der Waals surface area contributed by atoms with Crippen LogP contribution in [0.4, 0.5) is 13.2 Å². The quantitative estimate of drug-likeness (QED) is 0.450. The van der Waals surface area contributed by atoms with Crippen LogP contribution in [0.3, 0.4) is 0 Å². The Bertz CT molecular complexity index is 1210. The molecular formula is C30H36F3N3O4. The lowest BCUT2D eigenvalue weighted by atomic mass is 9.67. The number of amides is 1. The van der Waals surface area contributed by atoms with E-state index in [1.54, 1.807) is 31.3 Å². The molecule has 3 fully saturated rings. The van der Waals surface area contributed by atoms with Crippen molar-refractivity contribution in [2.75, 3.05) is 32.8 Å². The summed E-state index contributed by atoms with van der Waals surface area (Å²) in [5.74, 6) is -0.503. The maximum Gasteiger partial charge on any atom is 0.395 e. The molecule has 40 heavy (non-hydrogen) atoms. The molecule has 10 heteroatoms. The van der Waals surface area contributed by atoms with Gasteiger partial charge < -0.3 is 19.6 Å². The molecule has 1 saturated carbocycles. The number of rotatable bonds is 8. The minimum atomic E-state index is -4.12. The minimum Gasteiger partial charge on any atom is -0.480 e. The van der Waals surface area contributed by atoms with E-state index >= 15 is 0 Å². The van der Waals surface area contributed by atoms with Gasteiger partial charge in [-0.25, -0.2) is 9.78 Å². The van der Waals surface area contributed by atoms with Crippen molar-refractivity contribution < 1.29 is 32.6 Å². The van der Waals surface area contributed by atoms with Gasteiger partial charge in [0.2, 0.25) is 5.88 Å². The number of nitrogens with zero attached hydrogens (tertiary/aromatic N) is 3. The summed E-state index contributed by atoms with van der Waals surface area (Å²) in [6.07, 6.45) is 1.44. The minimum absolute atomic E-state index is 0.113. The summed E-state index contributed by atoms with van der Waals surface area (Å²) in [7, 11) is 0. The smallest absolute Gasteiger partial charge is 0.395 e. The van der Waals surface area contributed by atoms with E-state index in [0.717, 1.165) is 24.0 Å². The molecule has 2 aliphatic heterocycles. The van der Waals surface area contributed by atoms with Crippen molar-refractivity contribution in [2.24, 2.45) is 11.3 Å². The summed E-state index contributed by atoms with van der Waals surface area (Å²) in [6.45, 7) is 3.92. The number of hydrogen-bond acceptors (Lipinski definition) is 5. The first-order valence-corrected chi connectivity index (χ1v) is 14.0. The number of halogens is 3. The number of aliphatic carboxylic acids is 1. The van der Waals surface area contributed by atoms with Crippen LogP contribution in [0.1, 0.15) is 62.2 Å². The number of carbonyl (C=O) groups excluding carboxylic acids is 1. The van der Waals surface area contributed by atoms with Crippen LogP contribution in [-0.2, 0) is 4.79 Å². The lowest BCUT2D eigenvalue weighted by Crippen LogP contribution is -2.53. The third-order valence-electron chi connectivity index (χ3n) is 9.16. The Morgan fingerprint density at radius 2 is 1.68 bits per heavy atom. The molecule has 1 aromatic carbocycles. The monoisotopic (exact) mass is 559 g/mol. The Morgan fingerprint density at radius 3 is 2.23 bits per heavy atom. The van der Waals surface area contributed by atoms with E-state index in [4.69, 9.17) is 4.74 Å². The molecule has 1 aliphatic carbocycles. The maximum atomic E-state index is 13.5. The molecule has 2 saturated heterocycles. The number of piperidine rings is 1. The number of carboxylic acid groups (broad SMARTS) is 1. The summed E-state index contributed by atoms with van der Waals surface area (Å²) in [6, 6.07) is 10.7. The van der Waals surface area contributed by atoms with Gasteiger partial charge in [-0.1, -0.05) is 18.6 Å². The van der Waals surface area contributed by atoms with E-state index in [-0.39, 0.29) is 31.2 Å². The largest absolute Gasteiger partial charge is 0.480 e. The molecule has 3 aliphatic rings. The van der Waals surface area contributed by atoms with Crippen molar-refractivity contribution in [2.45, 2.75) is 63.6 Å². The first-order valence-electron chi connectivity index (χ1n) is 14.0. The zero-order valence-electron chi connectivity index (χ0n) is 22.8. The number of ether oxygens (including phenoxy) is 1. The van der Waals surface area contributed by atoms with E-state index in [1.165, 1.54) is 4.90 Å². The van der Waals surface area contributed by atoms with Crippen LogP contribution in [0, 0.1) is 11.3 Å². The average Bonchev–Trinajstić information content (AvgIpc) is 3.32. The molecule has 3 heterocycles. The standard InChI is InChI=1S/C30H36F3N3O4/c1-28(27(38)39)12-3-15-36(28)26(37)23-6-4-22(5-7-23)24-8-9-25(34-18-24)40-19-21-10-16-35(17-11-21)20-29(13-2-14-29)30(31,32)33/h4-9,18,21H,2-3,10-17,19-20H2,1H3,(H,38,39). The Hall–Kier alpha value is -3.14. The van der Waals surface area contributed by atoms with Gasteiger partial charge in [0.25, 0.3) is 5.91 Å². The van der Waals surface area contributed by atoms with Gasteiger partial charge in [-0.15, -0.1) is 0 Å². The molecule has 0 spiro atoms. The number of benzene rings is 1. The van der Waals surface area contributed by atoms with Crippen LogP contribution in [0.15, 0.2) is 42.6 Å². The molecule has 7 nitrogen and oxygen atoms in total. The number of carboxylic acids is 1. The van der Waals surface area contributed by atoms with Crippen molar-refractivity contribution in [3.05, 3.63) is 48.2 Å². The zero-order chi connectivity index (χ0) is 28.5. The lowest BCUT2D eigenvalue weighted by molar-refractivity contribution is -0.256. The van der Waals surface area contributed by atoms with E-state index in [1.807, 2.05) is 23.1 Å². The van der Waals surface area contributed by atoms with Gasteiger partial charge in [-0.3, -0.25) is 4.79 Å². The molecule has 1 amide bonds. The van der Waals surface area contributed by atoms with Crippen molar-refractivity contribution in [3.63, 3.8) is 0 Å². The van der Waals surface area contributed by atoms with E-state index in [9.17, 15) is 27.9 Å². The van der Waals surface area contributed by atoms with Crippen molar-refractivity contribution in [1.82, 2.24) is 14.8 Å². The van der Waals surface area contributed by atoms with Crippen LogP contribution < -0.4 is 4.74 Å².